The molecule has 1 aromatic carbocycles. The van der Waals surface area contributed by atoms with E-state index in [4.69, 9.17) is 14.7 Å². The number of aliphatic hydroxyl groups is 1. The number of hydrogen-bond acceptors (Lipinski definition) is 5. The molecular weight excluding hydrogens is 454 g/mol. The predicted molar refractivity (Wildman–Crippen MR) is 134 cm³/mol. The number of likely N-dealkylation sites (tertiary alicyclic amines) is 1. The highest BCUT2D eigenvalue weighted by atomic mass is 32.2. The zero-order chi connectivity index (χ0) is 24.3. The number of benzene rings is 1. The summed E-state index contributed by atoms with van der Waals surface area (Å²) in [5.41, 5.74) is 1.88. The molecule has 0 aromatic heterocycles. The number of aliphatic imine (C=N–C) groups is 2. The summed E-state index contributed by atoms with van der Waals surface area (Å²) < 4.78 is 17.7. The Morgan fingerprint density at radius 1 is 1.35 bits per heavy atom. The number of fused-ring (bicyclic) bond motifs is 2. The first kappa shape index (κ1) is 24.6. The average molecular weight is 488 g/mol. The van der Waals surface area contributed by atoms with Crippen molar-refractivity contribution in [2.45, 2.75) is 51.7 Å². The van der Waals surface area contributed by atoms with E-state index in [1.165, 1.54) is 0 Å². The third kappa shape index (κ3) is 5.39. The molecule has 2 atom stereocenters. The smallest absolute Gasteiger partial charge is 0.412 e. The van der Waals surface area contributed by atoms with Gasteiger partial charge < -0.3 is 24.6 Å². The van der Waals surface area contributed by atoms with Gasteiger partial charge in [-0.15, -0.1) is 0 Å². The Balaban J connectivity index is 1.57. The number of aliphatic hydroxyl groups excluding tert-OH is 1. The van der Waals surface area contributed by atoms with Crippen molar-refractivity contribution in [3.8, 4) is 0 Å². The van der Waals surface area contributed by atoms with Gasteiger partial charge in [0.05, 0.1) is 24.0 Å². The van der Waals surface area contributed by atoms with Crippen LogP contribution in [0.2, 0.25) is 0 Å². The van der Waals surface area contributed by atoms with Gasteiger partial charge in [-0.2, -0.15) is 0 Å². The summed E-state index contributed by atoms with van der Waals surface area (Å²) in [6.45, 7) is 7.14. The van der Waals surface area contributed by atoms with E-state index >= 15 is 0 Å². The molecule has 1 unspecified atom stereocenters. The van der Waals surface area contributed by atoms with Crippen LogP contribution in [0.25, 0.3) is 0 Å². The van der Waals surface area contributed by atoms with Gasteiger partial charge in [0.25, 0.3) is 0 Å². The molecule has 10 heteroatoms. The first-order valence-electron chi connectivity index (χ1n) is 11.7. The van der Waals surface area contributed by atoms with Gasteiger partial charge in [-0.1, -0.05) is 32.0 Å². The summed E-state index contributed by atoms with van der Waals surface area (Å²) >= 11 is -0.991. The highest BCUT2D eigenvalue weighted by Gasteiger charge is 2.44. The summed E-state index contributed by atoms with van der Waals surface area (Å²) in [5, 5.41) is 17.4. The van der Waals surface area contributed by atoms with Crippen molar-refractivity contribution in [3.63, 3.8) is 0 Å². The van der Waals surface area contributed by atoms with E-state index in [9.17, 15) is 14.5 Å². The summed E-state index contributed by atoms with van der Waals surface area (Å²) in [7, 11) is 0. The Morgan fingerprint density at radius 3 is 2.74 bits per heavy atom. The number of carbonyl (C=O) groups excluding carboxylic acids is 1. The molecule has 0 saturated carbocycles. The number of rotatable bonds is 4. The van der Waals surface area contributed by atoms with Crippen LogP contribution in [0.4, 0.5) is 10.5 Å². The standard InChI is InChI=1S/C24H33N5O4S/c1-16(2)21(14-30)25-17(3)26-22(27-18-8-13-34(32)15-18)29-11-9-24(10-12-29)19-6-4-5-7-20(19)28-23(31)33-24/h4-7,15-16,21,30H,8-14H2,1-3H3,(H,28,31)(H,25,26,27)/t21-,34?/m0/s1. The van der Waals surface area contributed by atoms with Gasteiger partial charge in [0.2, 0.25) is 5.96 Å². The van der Waals surface area contributed by atoms with E-state index in [2.05, 4.69) is 15.5 Å². The number of para-hydroxylation sites is 1. The number of piperidine rings is 1. The van der Waals surface area contributed by atoms with Gasteiger partial charge in [-0.05, 0) is 30.1 Å². The molecule has 184 valence electrons. The zero-order valence-corrected chi connectivity index (χ0v) is 20.7. The van der Waals surface area contributed by atoms with E-state index in [-0.39, 0.29) is 18.6 Å². The highest BCUT2D eigenvalue weighted by Crippen LogP contribution is 2.43. The monoisotopic (exact) mass is 487 g/mol. The van der Waals surface area contributed by atoms with Crippen molar-refractivity contribution in [2.24, 2.45) is 15.9 Å². The Hall–Kier alpha value is -2.56. The fraction of sp³-hybridized carbons (Fsp3) is 0.542. The van der Waals surface area contributed by atoms with Gasteiger partial charge in [0.1, 0.15) is 22.6 Å². The molecule has 4 rings (SSSR count). The van der Waals surface area contributed by atoms with Crippen molar-refractivity contribution < 1.29 is 19.2 Å². The van der Waals surface area contributed by atoms with Gasteiger partial charge in [0.15, 0.2) is 0 Å². The number of allylic oxidation sites excluding steroid dienone is 1. The minimum Gasteiger partial charge on any atom is -0.612 e. The normalized spacial score (nSPS) is 23.4. The molecule has 1 fully saturated rings. The molecule has 1 spiro atoms. The summed E-state index contributed by atoms with van der Waals surface area (Å²) in [6, 6.07) is 7.65. The van der Waals surface area contributed by atoms with Gasteiger partial charge in [-0.25, -0.2) is 14.8 Å². The summed E-state index contributed by atoms with van der Waals surface area (Å²) in [6.07, 6.45) is 1.43. The number of anilines is 1. The molecular formula is C24H33N5O4S. The van der Waals surface area contributed by atoms with Crippen LogP contribution in [0.3, 0.4) is 0 Å². The van der Waals surface area contributed by atoms with Gasteiger partial charge >= 0.3 is 6.09 Å². The van der Waals surface area contributed by atoms with E-state index < -0.39 is 22.9 Å². The number of nitrogens with zero attached hydrogens (tertiary/aromatic N) is 3. The summed E-state index contributed by atoms with van der Waals surface area (Å²) in [4.78, 5) is 23.9. The number of hydrogen-bond donors (Lipinski definition) is 3. The molecule has 9 nitrogen and oxygen atoms in total. The molecule has 1 saturated heterocycles. The lowest BCUT2D eigenvalue weighted by Crippen LogP contribution is -2.50. The molecule has 0 bridgehead atoms. The maximum absolute atomic E-state index is 12.2. The van der Waals surface area contributed by atoms with Crippen LogP contribution in [0, 0.1) is 5.92 Å². The second kappa shape index (κ2) is 10.4. The molecule has 34 heavy (non-hydrogen) atoms. The Labute approximate surface area is 203 Å². The second-order valence-corrected chi connectivity index (χ2v) is 10.7. The van der Waals surface area contributed by atoms with E-state index in [0.29, 0.717) is 49.9 Å². The maximum Gasteiger partial charge on any atom is 0.412 e. The number of guanidine groups is 1. The SMILES string of the molecule is C/C(=N\C(=N/C1=C[S+]([O-])CC1)N1CCC2(CC1)OC(=O)Nc1ccccc12)N[C@@H](CO)C(C)C. The quantitative estimate of drug-likeness (QED) is 0.341. The molecule has 1 amide bonds. The van der Waals surface area contributed by atoms with Crippen LogP contribution in [0.1, 0.15) is 45.6 Å². The maximum atomic E-state index is 12.2. The molecule has 3 heterocycles. The van der Waals surface area contributed by atoms with Crippen molar-refractivity contribution in [2.75, 3.05) is 30.8 Å². The number of amidine groups is 1. The van der Waals surface area contributed by atoms with Crippen LogP contribution in [0.5, 0.6) is 0 Å². The van der Waals surface area contributed by atoms with E-state index in [1.54, 1.807) is 5.41 Å². The Kier molecular flexibility index (Phi) is 7.49. The van der Waals surface area contributed by atoms with Crippen molar-refractivity contribution in [1.29, 1.82) is 0 Å². The van der Waals surface area contributed by atoms with Gasteiger partial charge in [0, 0.05) is 37.9 Å². The molecule has 3 aliphatic rings. The molecule has 1 aromatic rings. The molecule has 0 radical (unpaired) electrons. The molecule has 3 aliphatic heterocycles. The lowest BCUT2D eigenvalue weighted by molar-refractivity contribution is -0.0269. The first-order chi connectivity index (χ1) is 16.3. The van der Waals surface area contributed by atoms with Crippen molar-refractivity contribution in [3.05, 3.63) is 40.9 Å². The fourth-order valence-electron chi connectivity index (χ4n) is 4.52. The minimum absolute atomic E-state index is 0.00613. The third-order valence-corrected chi connectivity index (χ3v) is 7.67. The fourth-order valence-corrected chi connectivity index (χ4v) is 5.52. The first-order valence-corrected chi connectivity index (χ1v) is 13.1. The number of carbonyl (C=O) groups is 1. The number of ether oxygens (including phenoxy) is 1. The highest BCUT2D eigenvalue weighted by molar-refractivity contribution is 7.94. The number of nitrogens with one attached hydrogen (secondary N) is 2. The average Bonchev–Trinajstić information content (AvgIpc) is 3.22. The van der Waals surface area contributed by atoms with Gasteiger partial charge in [-0.3, -0.25) is 5.32 Å². The van der Waals surface area contributed by atoms with Crippen molar-refractivity contribution >= 4 is 34.8 Å². The van der Waals surface area contributed by atoms with Crippen LogP contribution in [-0.2, 0) is 21.5 Å². The van der Waals surface area contributed by atoms with Crippen LogP contribution in [0.15, 0.2) is 45.4 Å². The zero-order valence-electron chi connectivity index (χ0n) is 19.9. The lowest BCUT2D eigenvalue weighted by Gasteiger charge is -2.44. The van der Waals surface area contributed by atoms with Crippen LogP contribution >= 0.6 is 0 Å². The van der Waals surface area contributed by atoms with Crippen LogP contribution in [-0.4, -0.2) is 63.9 Å². The second-order valence-electron chi connectivity index (χ2n) is 9.27. The topological polar surface area (TPSA) is 122 Å². The van der Waals surface area contributed by atoms with Crippen molar-refractivity contribution in [1.82, 2.24) is 10.2 Å². The predicted octanol–water partition coefficient (Wildman–Crippen LogP) is 2.91. The molecule has 3 N–H and O–H groups in total. The lowest BCUT2D eigenvalue weighted by atomic mass is 9.82. The van der Waals surface area contributed by atoms with Crippen LogP contribution < -0.4 is 10.6 Å². The Morgan fingerprint density at radius 2 is 2.09 bits per heavy atom. The van der Waals surface area contributed by atoms with E-state index in [1.807, 2.05) is 45.0 Å². The Bertz CT molecular complexity index is 1000. The molecule has 0 aliphatic carbocycles. The van der Waals surface area contributed by atoms with E-state index in [0.717, 1.165) is 16.9 Å². The minimum atomic E-state index is -0.991. The largest absolute Gasteiger partial charge is 0.612 e. The number of amides is 1. The summed E-state index contributed by atoms with van der Waals surface area (Å²) in [5.74, 6) is 2.01. The third-order valence-electron chi connectivity index (χ3n) is 6.53.